The van der Waals surface area contributed by atoms with Crippen LogP contribution in [-0.2, 0) is 0 Å². The first-order valence-corrected chi connectivity index (χ1v) is 5.54. The Labute approximate surface area is 80.5 Å². The van der Waals surface area contributed by atoms with E-state index in [4.69, 9.17) is 5.26 Å². The van der Waals surface area contributed by atoms with Crippen molar-refractivity contribution >= 4 is 0 Å². The Bertz CT molecular complexity index is 201. The summed E-state index contributed by atoms with van der Waals surface area (Å²) in [7, 11) is 0. The Balaban J connectivity index is 1.84. The summed E-state index contributed by atoms with van der Waals surface area (Å²) in [5.41, 5.74) is 0. The zero-order valence-electron chi connectivity index (χ0n) is 8.21. The smallest absolute Gasteiger partial charge is 0.0669 e. The largest absolute Gasteiger partial charge is 0.299 e. The molecule has 1 atom stereocenters. The Morgan fingerprint density at radius 1 is 1.08 bits per heavy atom. The molecule has 1 heterocycles. The summed E-state index contributed by atoms with van der Waals surface area (Å²) in [6, 6.07) is 3.20. The Morgan fingerprint density at radius 3 is 2.46 bits per heavy atom. The quantitative estimate of drug-likeness (QED) is 0.615. The van der Waals surface area contributed by atoms with Crippen LogP contribution in [-0.4, -0.2) is 24.0 Å². The fraction of sp³-hybridized carbons (Fsp3) is 0.909. The maximum Gasteiger partial charge on any atom is 0.0669 e. The van der Waals surface area contributed by atoms with Crippen molar-refractivity contribution in [1.29, 1.82) is 5.26 Å². The van der Waals surface area contributed by atoms with Crippen molar-refractivity contribution in [2.75, 3.05) is 13.1 Å². The van der Waals surface area contributed by atoms with Gasteiger partial charge in [0.2, 0.25) is 0 Å². The molecule has 0 aromatic rings. The van der Waals surface area contributed by atoms with Gasteiger partial charge in [-0.15, -0.1) is 0 Å². The first kappa shape index (κ1) is 9.02. The summed E-state index contributed by atoms with van der Waals surface area (Å²) in [5.74, 6) is 0.321. The molecule has 0 aromatic heterocycles. The van der Waals surface area contributed by atoms with Crippen LogP contribution < -0.4 is 0 Å². The van der Waals surface area contributed by atoms with Gasteiger partial charge in [0.25, 0.3) is 0 Å². The average molecular weight is 178 g/mol. The standard InChI is InChI=1S/C11H18N2/c12-8-10-6-7-13(9-10)11-4-2-1-3-5-11/h10-11H,1-7,9H2/t10-/m0/s1. The highest BCUT2D eigenvalue weighted by atomic mass is 15.2. The van der Waals surface area contributed by atoms with Gasteiger partial charge in [-0.2, -0.15) is 5.26 Å². The van der Waals surface area contributed by atoms with Crippen molar-refractivity contribution in [1.82, 2.24) is 4.90 Å². The van der Waals surface area contributed by atoms with Crippen molar-refractivity contribution in [3.63, 3.8) is 0 Å². The lowest BCUT2D eigenvalue weighted by molar-refractivity contribution is 0.188. The average Bonchev–Trinajstić information content (AvgIpc) is 2.67. The van der Waals surface area contributed by atoms with E-state index in [9.17, 15) is 0 Å². The first-order chi connectivity index (χ1) is 6.40. The van der Waals surface area contributed by atoms with Gasteiger partial charge in [0.15, 0.2) is 0 Å². The second-order valence-corrected chi connectivity index (χ2v) is 4.40. The Morgan fingerprint density at radius 2 is 1.85 bits per heavy atom. The first-order valence-electron chi connectivity index (χ1n) is 5.54. The molecule has 0 bridgehead atoms. The molecule has 13 heavy (non-hydrogen) atoms. The topological polar surface area (TPSA) is 27.0 Å². The summed E-state index contributed by atoms with van der Waals surface area (Å²) in [6.07, 6.45) is 8.08. The predicted molar refractivity (Wildman–Crippen MR) is 52.2 cm³/mol. The molecule has 0 aromatic carbocycles. The fourth-order valence-corrected chi connectivity index (χ4v) is 2.67. The van der Waals surface area contributed by atoms with Gasteiger partial charge in [0.05, 0.1) is 12.0 Å². The zero-order valence-corrected chi connectivity index (χ0v) is 8.21. The third kappa shape index (κ3) is 2.03. The highest BCUT2D eigenvalue weighted by Gasteiger charge is 2.28. The van der Waals surface area contributed by atoms with Crippen LogP contribution in [0.15, 0.2) is 0 Å². The van der Waals surface area contributed by atoms with Crippen LogP contribution >= 0.6 is 0 Å². The lowest BCUT2D eigenvalue weighted by atomic mass is 9.94. The molecule has 0 amide bonds. The highest BCUT2D eigenvalue weighted by molar-refractivity contribution is 4.93. The minimum Gasteiger partial charge on any atom is -0.299 e. The lowest BCUT2D eigenvalue weighted by Gasteiger charge is -2.30. The van der Waals surface area contributed by atoms with Crippen LogP contribution in [0.3, 0.4) is 0 Å². The van der Waals surface area contributed by atoms with E-state index in [0.717, 1.165) is 19.0 Å². The molecule has 0 spiro atoms. The van der Waals surface area contributed by atoms with E-state index in [1.54, 1.807) is 0 Å². The summed E-state index contributed by atoms with van der Waals surface area (Å²) >= 11 is 0. The van der Waals surface area contributed by atoms with Crippen molar-refractivity contribution in [2.45, 2.75) is 44.6 Å². The molecule has 2 heteroatoms. The number of likely N-dealkylation sites (tertiary alicyclic amines) is 1. The summed E-state index contributed by atoms with van der Waals surface area (Å²) in [4.78, 5) is 2.55. The molecule has 2 aliphatic rings. The summed E-state index contributed by atoms with van der Waals surface area (Å²) in [6.45, 7) is 2.21. The molecule has 1 aliphatic carbocycles. The van der Waals surface area contributed by atoms with Crippen LogP contribution in [0.4, 0.5) is 0 Å². The van der Waals surface area contributed by atoms with Crippen molar-refractivity contribution in [2.24, 2.45) is 5.92 Å². The van der Waals surface area contributed by atoms with E-state index < -0.39 is 0 Å². The van der Waals surface area contributed by atoms with Gasteiger partial charge in [-0.1, -0.05) is 19.3 Å². The van der Waals surface area contributed by atoms with Gasteiger partial charge in [-0.25, -0.2) is 0 Å². The Kier molecular flexibility index (Phi) is 2.85. The van der Waals surface area contributed by atoms with E-state index >= 15 is 0 Å². The number of hydrogen-bond acceptors (Lipinski definition) is 2. The van der Waals surface area contributed by atoms with Crippen LogP contribution in [0.5, 0.6) is 0 Å². The van der Waals surface area contributed by atoms with Crippen LogP contribution in [0.1, 0.15) is 38.5 Å². The van der Waals surface area contributed by atoms with E-state index in [1.165, 1.54) is 38.6 Å². The molecule has 0 N–H and O–H groups in total. The van der Waals surface area contributed by atoms with Crippen molar-refractivity contribution in [3.8, 4) is 6.07 Å². The van der Waals surface area contributed by atoms with Gasteiger partial charge in [0.1, 0.15) is 0 Å². The van der Waals surface area contributed by atoms with Gasteiger partial charge >= 0.3 is 0 Å². The maximum absolute atomic E-state index is 8.81. The normalized spacial score (nSPS) is 31.8. The van der Waals surface area contributed by atoms with Gasteiger partial charge in [-0.3, -0.25) is 4.90 Å². The third-order valence-corrected chi connectivity index (χ3v) is 3.49. The number of nitrogens with zero attached hydrogens (tertiary/aromatic N) is 2. The molecule has 2 fully saturated rings. The predicted octanol–water partition coefficient (Wildman–Crippen LogP) is 2.16. The van der Waals surface area contributed by atoms with Crippen LogP contribution in [0, 0.1) is 17.2 Å². The minimum atomic E-state index is 0.321. The molecule has 2 rings (SSSR count). The molecule has 0 unspecified atom stereocenters. The van der Waals surface area contributed by atoms with Crippen LogP contribution in [0.2, 0.25) is 0 Å². The molecular formula is C11H18N2. The molecule has 0 radical (unpaired) electrons. The SMILES string of the molecule is N#C[C@@H]1CCN(C2CCCCC2)C1. The van der Waals surface area contributed by atoms with Crippen LogP contribution in [0.25, 0.3) is 0 Å². The Hall–Kier alpha value is -0.550. The van der Waals surface area contributed by atoms with Crippen molar-refractivity contribution in [3.05, 3.63) is 0 Å². The van der Waals surface area contributed by atoms with Gasteiger partial charge in [-0.05, 0) is 25.8 Å². The van der Waals surface area contributed by atoms with Crippen molar-refractivity contribution < 1.29 is 0 Å². The highest BCUT2D eigenvalue weighted by Crippen LogP contribution is 2.27. The number of nitriles is 1. The third-order valence-electron chi connectivity index (χ3n) is 3.49. The van der Waals surface area contributed by atoms with Gasteiger partial charge < -0.3 is 0 Å². The van der Waals surface area contributed by atoms with Gasteiger partial charge in [0, 0.05) is 12.6 Å². The molecular weight excluding hydrogens is 160 g/mol. The second kappa shape index (κ2) is 4.11. The molecule has 1 saturated heterocycles. The lowest BCUT2D eigenvalue weighted by Crippen LogP contribution is -2.34. The van der Waals surface area contributed by atoms with E-state index in [-0.39, 0.29) is 0 Å². The van der Waals surface area contributed by atoms with E-state index in [0.29, 0.717) is 5.92 Å². The molecule has 72 valence electrons. The molecule has 2 nitrogen and oxygen atoms in total. The molecule has 1 aliphatic heterocycles. The van der Waals surface area contributed by atoms with E-state index in [1.807, 2.05) is 0 Å². The second-order valence-electron chi connectivity index (χ2n) is 4.40. The van der Waals surface area contributed by atoms with E-state index in [2.05, 4.69) is 11.0 Å². The zero-order chi connectivity index (χ0) is 9.10. The molecule has 1 saturated carbocycles. The fourth-order valence-electron chi connectivity index (χ4n) is 2.67. The summed E-state index contributed by atoms with van der Waals surface area (Å²) < 4.78 is 0. The number of rotatable bonds is 1. The minimum absolute atomic E-state index is 0.321. The number of hydrogen-bond donors (Lipinski definition) is 0. The maximum atomic E-state index is 8.81. The summed E-state index contributed by atoms with van der Waals surface area (Å²) in [5, 5.41) is 8.81. The monoisotopic (exact) mass is 178 g/mol.